The summed E-state index contributed by atoms with van der Waals surface area (Å²) in [5.74, 6) is -0.803. The third-order valence-electron chi connectivity index (χ3n) is 4.26. The highest BCUT2D eigenvalue weighted by Crippen LogP contribution is 2.26. The largest absolute Gasteiger partial charge is 0.322 e. The molecule has 2 aromatic carbocycles. The Labute approximate surface area is 180 Å². The number of rotatable bonds is 6. The van der Waals surface area contributed by atoms with Crippen molar-refractivity contribution in [2.45, 2.75) is 17.5 Å². The maximum absolute atomic E-state index is 14.0. The number of halogens is 3. The number of benzene rings is 2. The molecule has 5 nitrogen and oxygen atoms in total. The zero-order chi connectivity index (χ0) is 21.1. The van der Waals surface area contributed by atoms with Crippen molar-refractivity contribution < 1.29 is 13.6 Å². The van der Waals surface area contributed by atoms with Crippen LogP contribution in [-0.4, -0.2) is 20.4 Å². The molecule has 0 unspecified atom stereocenters. The van der Waals surface area contributed by atoms with Gasteiger partial charge in [0.25, 0.3) is 0 Å². The first-order valence-electron chi connectivity index (χ1n) is 8.93. The molecule has 152 valence electrons. The summed E-state index contributed by atoms with van der Waals surface area (Å²) >= 11 is 7.15. The first kappa shape index (κ1) is 20.3. The van der Waals surface area contributed by atoms with Gasteiger partial charge in [0.2, 0.25) is 5.91 Å². The number of carbonyl (C=O) groups is 1. The molecule has 0 bridgehead atoms. The topological polar surface area (TPSA) is 59.8 Å². The Morgan fingerprint density at radius 2 is 1.93 bits per heavy atom. The number of carbonyl (C=O) groups excluding carboxylic acids is 1. The van der Waals surface area contributed by atoms with Gasteiger partial charge >= 0.3 is 0 Å². The highest BCUT2D eigenvalue weighted by atomic mass is 35.5. The van der Waals surface area contributed by atoms with Crippen molar-refractivity contribution in [3.05, 3.63) is 83.0 Å². The van der Waals surface area contributed by atoms with E-state index in [9.17, 15) is 13.6 Å². The average Bonchev–Trinajstić information content (AvgIpc) is 3.07. The zero-order valence-corrected chi connectivity index (χ0v) is 17.1. The van der Waals surface area contributed by atoms with E-state index in [1.54, 1.807) is 35.0 Å². The molecule has 30 heavy (non-hydrogen) atoms. The molecule has 0 saturated heterocycles. The molecule has 4 rings (SSSR count). The quantitative estimate of drug-likeness (QED) is 0.410. The van der Waals surface area contributed by atoms with Crippen LogP contribution in [0.15, 0.2) is 66.0 Å². The van der Waals surface area contributed by atoms with Crippen LogP contribution in [0.3, 0.4) is 0 Å². The summed E-state index contributed by atoms with van der Waals surface area (Å²) in [6.07, 6.45) is 1.62. The van der Waals surface area contributed by atoms with Gasteiger partial charge in [-0.25, -0.2) is 18.7 Å². The van der Waals surface area contributed by atoms with Gasteiger partial charge in [-0.1, -0.05) is 35.5 Å². The van der Waals surface area contributed by atoms with Gasteiger partial charge in [0.15, 0.2) is 10.8 Å². The SMILES string of the molecule is O=C(Cn1c(SCc2ccc(F)cc2)nc2cccnc21)Nc1ccc(Cl)cc1F. The number of nitrogens with one attached hydrogen (secondary N) is 1. The van der Waals surface area contributed by atoms with Crippen molar-refractivity contribution in [1.82, 2.24) is 14.5 Å². The minimum Gasteiger partial charge on any atom is -0.322 e. The van der Waals surface area contributed by atoms with Crippen LogP contribution >= 0.6 is 23.4 Å². The van der Waals surface area contributed by atoms with Gasteiger partial charge in [-0.2, -0.15) is 0 Å². The zero-order valence-electron chi connectivity index (χ0n) is 15.5. The van der Waals surface area contributed by atoms with Crippen LogP contribution in [0.5, 0.6) is 0 Å². The third kappa shape index (κ3) is 4.60. The number of imidazole rings is 1. The summed E-state index contributed by atoms with van der Waals surface area (Å²) in [7, 11) is 0. The molecule has 0 spiro atoms. The second-order valence-corrected chi connectivity index (χ2v) is 7.79. The van der Waals surface area contributed by atoms with Gasteiger partial charge in [0.1, 0.15) is 23.7 Å². The lowest BCUT2D eigenvalue weighted by Crippen LogP contribution is -2.20. The van der Waals surface area contributed by atoms with Crippen molar-refractivity contribution in [3.8, 4) is 0 Å². The molecule has 1 amide bonds. The van der Waals surface area contributed by atoms with Gasteiger partial charge in [-0.3, -0.25) is 9.36 Å². The Kier molecular flexibility index (Phi) is 5.96. The van der Waals surface area contributed by atoms with Crippen LogP contribution in [0.2, 0.25) is 5.02 Å². The molecule has 0 atom stereocenters. The number of aromatic nitrogens is 3. The number of hydrogen-bond acceptors (Lipinski definition) is 4. The standard InChI is InChI=1S/C21H15ClF2N4OS/c22-14-5-8-17(16(24)10-14)26-19(29)11-28-20-18(2-1-9-25-20)27-21(28)30-12-13-3-6-15(23)7-4-13/h1-10H,11-12H2,(H,26,29). The fraction of sp³-hybridized carbons (Fsp3) is 0.0952. The summed E-state index contributed by atoms with van der Waals surface area (Å²) in [4.78, 5) is 21.5. The minimum atomic E-state index is -0.615. The molecule has 0 aliphatic heterocycles. The molecule has 4 aromatic rings. The highest BCUT2D eigenvalue weighted by molar-refractivity contribution is 7.98. The summed E-state index contributed by atoms with van der Waals surface area (Å²) in [5.41, 5.74) is 2.15. The molecule has 0 aliphatic carbocycles. The lowest BCUT2D eigenvalue weighted by atomic mass is 10.2. The second kappa shape index (κ2) is 8.81. The van der Waals surface area contributed by atoms with E-state index in [1.807, 2.05) is 0 Å². The lowest BCUT2D eigenvalue weighted by Gasteiger charge is -2.10. The smallest absolute Gasteiger partial charge is 0.244 e. The Hall–Kier alpha value is -2.97. The van der Waals surface area contributed by atoms with Crippen LogP contribution in [0.25, 0.3) is 11.2 Å². The predicted molar refractivity (Wildman–Crippen MR) is 114 cm³/mol. The van der Waals surface area contributed by atoms with Crippen molar-refractivity contribution in [2.75, 3.05) is 5.32 Å². The van der Waals surface area contributed by atoms with E-state index in [-0.39, 0.29) is 23.1 Å². The molecule has 9 heteroatoms. The van der Waals surface area contributed by atoms with Gasteiger partial charge in [-0.15, -0.1) is 0 Å². The fourth-order valence-electron chi connectivity index (χ4n) is 2.84. The lowest BCUT2D eigenvalue weighted by molar-refractivity contribution is -0.116. The Morgan fingerprint density at radius 1 is 1.13 bits per heavy atom. The normalized spacial score (nSPS) is 11.0. The van der Waals surface area contributed by atoms with E-state index in [4.69, 9.17) is 11.6 Å². The molecule has 0 aliphatic rings. The van der Waals surface area contributed by atoms with Crippen molar-refractivity contribution >= 4 is 46.1 Å². The van der Waals surface area contributed by atoms with Crippen LogP contribution in [0.4, 0.5) is 14.5 Å². The van der Waals surface area contributed by atoms with Crippen molar-refractivity contribution in [3.63, 3.8) is 0 Å². The van der Waals surface area contributed by atoms with Gasteiger partial charge in [0, 0.05) is 17.0 Å². The summed E-state index contributed by atoms with van der Waals surface area (Å²) in [5, 5.41) is 3.38. The molecular formula is C21H15ClF2N4OS. The van der Waals surface area contributed by atoms with E-state index in [0.29, 0.717) is 22.1 Å². The molecule has 2 heterocycles. The van der Waals surface area contributed by atoms with E-state index < -0.39 is 11.7 Å². The summed E-state index contributed by atoms with van der Waals surface area (Å²) in [6, 6.07) is 13.8. The highest BCUT2D eigenvalue weighted by Gasteiger charge is 2.16. The molecule has 0 radical (unpaired) electrons. The van der Waals surface area contributed by atoms with E-state index in [1.165, 1.54) is 36.0 Å². The first-order chi connectivity index (χ1) is 14.5. The summed E-state index contributed by atoms with van der Waals surface area (Å²) < 4.78 is 28.8. The number of hydrogen-bond donors (Lipinski definition) is 1. The predicted octanol–water partition coefficient (Wildman–Crippen LogP) is 5.29. The minimum absolute atomic E-state index is 0.0438. The van der Waals surface area contributed by atoms with Crippen molar-refractivity contribution in [2.24, 2.45) is 0 Å². The van der Waals surface area contributed by atoms with Crippen LogP contribution in [-0.2, 0) is 17.1 Å². The monoisotopic (exact) mass is 444 g/mol. The van der Waals surface area contributed by atoms with E-state index >= 15 is 0 Å². The molecule has 0 fully saturated rings. The number of fused-ring (bicyclic) bond motifs is 1. The fourth-order valence-corrected chi connectivity index (χ4v) is 3.96. The van der Waals surface area contributed by atoms with Crippen LogP contribution in [0, 0.1) is 11.6 Å². The van der Waals surface area contributed by atoms with Gasteiger partial charge < -0.3 is 5.32 Å². The molecular weight excluding hydrogens is 430 g/mol. The Balaban J connectivity index is 1.56. The number of pyridine rings is 1. The molecule has 2 aromatic heterocycles. The van der Waals surface area contributed by atoms with E-state index in [2.05, 4.69) is 15.3 Å². The van der Waals surface area contributed by atoms with E-state index in [0.717, 1.165) is 11.6 Å². The van der Waals surface area contributed by atoms with Crippen molar-refractivity contribution in [1.29, 1.82) is 0 Å². The van der Waals surface area contributed by atoms with Crippen LogP contribution in [0.1, 0.15) is 5.56 Å². The molecule has 0 saturated carbocycles. The Bertz CT molecular complexity index is 1210. The van der Waals surface area contributed by atoms with Crippen LogP contribution < -0.4 is 5.32 Å². The molecule has 1 N–H and O–H groups in total. The number of amides is 1. The third-order valence-corrected chi connectivity index (χ3v) is 5.54. The van der Waals surface area contributed by atoms with Gasteiger partial charge in [-0.05, 0) is 48.0 Å². The Morgan fingerprint density at radius 3 is 2.70 bits per heavy atom. The number of thioether (sulfide) groups is 1. The second-order valence-electron chi connectivity index (χ2n) is 6.41. The maximum atomic E-state index is 14.0. The maximum Gasteiger partial charge on any atom is 0.244 e. The number of anilines is 1. The van der Waals surface area contributed by atoms with Gasteiger partial charge in [0.05, 0.1) is 5.69 Å². The average molecular weight is 445 g/mol. The number of nitrogens with zero attached hydrogens (tertiary/aromatic N) is 3. The first-order valence-corrected chi connectivity index (χ1v) is 10.3. The summed E-state index contributed by atoms with van der Waals surface area (Å²) in [6.45, 7) is -0.0959.